The second-order valence-corrected chi connectivity index (χ2v) is 3.91. The van der Waals surface area contributed by atoms with Crippen LogP contribution >= 0.6 is 0 Å². The Morgan fingerprint density at radius 3 is 2.75 bits per heavy atom. The standard InChI is InChI=1S/C10H17NO/c1-7(2)9-5-4-8(3)6-10(9)11-12/h5,7-8,12H,4,6H2,1-3H3/b11-10+/t8-/m1/s1. The highest BCUT2D eigenvalue weighted by Gasteiger charge is 2.19. The Balaban J connectivity index is 2.84. The molecule has 1 atom stereocenters. The molecule has 0 spiro atoms. The Hall–Kier alpha value is -0.790. The van der Waals surface area contributed by atoms with Crippen LogP contribution in [0.4, 0.5) is 0 Å². The van der Waals surface area contributed by atoms with Gasteiger partial charge in [0.05, 0.1) is 5.71 Å². The van der Waals surface area contributed by atoms with Crippen molar-refractivity contribution in [3.8, 4) is 0 Å². The van der Waals surface area contributed by atoms with Crippen LogP contribution in [0.3, 0.4) is 0 Å². The van der Waals surface area contributed by atoms with Crippen molar-refractivity contribution in [3.05, 3.63) is 11.6 Å². The number of oxime groups is 1. The maximum absolute atomic E-state index is 8.78. The lowest BCUT2D eigenvalue weighted by Gasteiger charge is -2.21. The van der Waals surface area contributed by atoms with Gasteiger partial charge in [-0.15, -0.1) is 0 Å². The van der Waals surface area contributed by atoms with E-state index in [9.17, 15) is 0 Å². The fourth-order valence-corrected chi connectivity index (χ4v) is 1.64. The van der Waals surface area contributed by atoms with E-state index in [-0.39, 0.29) is 0 Å². The molecule has 0 aliphatic heterocycles. The van der Waals surface area contributed by atoms with Gasteiger partial charge < -0.3 is 5.21 Å². The Labute approximate surface area is 74.0 Å². The average Bonchev–Trinajstić information content (AvgIpc) is 2.03. The molecule has 1 rings (SSSR count). The first-order valence-electron chi connectivity index (χ1n) is 4.56. The molecule has 0 amide bonds. The highest BCUT2D eigenvalue weighted by Crippen LogP contribution is 2.25. The van der Waals surface area contributed by atoms with Gasteiger partial charge in [-0.05, 0) is 30.3 Å². The van der Waals surface area contributed by atoms with Crippen LogP contribution in [0.5, 0.6) is 0 Å². The molecule has 0 unspecified atom stereocenters. The fourth-order valence-electron chi connectivity index (χ4n) is 1.64. The largest absolute Gasteiger partial charge is 0.411 e. The van der Waals surface area contributed by atoms with Crippen LogP contribution in [-0.2, 0) is 0 Å². The van der Waals surface area contributed by atoms with Crippen LogP contribution in [0.25, 0.3) is 0 Å². The van der Waals surface area contributed by atoms with Crippen LogP contribution in [0.2, 0.25) is 0 Å². The quantitative estimate of drug-likeness (QED) is 0.472. The van der Waals surface area contributed by atoms with E-state index in [2.05, 4.69) is 32.0 Å². The van der Waals surface area contributed by atoms with Crippen molar-refractivity contribution in [1.29, 1.82) is 0 Å². The van der Waals surface area contributed by atoms with Crippen molar-refractivity contribution < 1.29 is 5.21 Å². The van der Waals surface area contributed by atoms with Crippen molar-refractivity contribution in [3.63, 3.8) is 0 Å². The predicted octanol–water partition coefficient (Wildman–Crippen LogP) is 2.83. The molecular weight excluding hydrogens is 150 g/mol. The monoisotopic (exact) mass is 167 g/mol. The molecule has 0 saturated carbocycles. The third-order valence-corrected chi connectivity index (χ3v) is 2.36. The first-order chi connectivity index (χ1) is 5.65. The summed E-state index contributed by atoms with van der Waals surface area (Å²) in [5, 5.41) is 12.1. The minimum absolute atomic E-state index is 0.475. The SMILES string of the molecule is CC(C)C1=CC[C@@H](C)C/C1=N\O. The molecule has 0 fully saturated rings. The maximum atomic E-state index is 8.78. The van der Waals surface area contributed by atoms with Gasteiger partial charge in [0.15, 0.2) is 0 Å². The molecule has 0 aromatic rings. The van der Waals surface area contributed by atoms with E-state index in [0.29, 0.717) is 11.8 Å². The third-order valence-electron chi connectivity index (χ3n) is 2.36. The van der Waals surface area contributed by atoms with E-state index in [1.165, 1.54) is 5.57 Å². The van der Waals surface area contributed by atoms with Crippen LogP contribution < -0.4 is 0 Å². The average molecular weight is 167 g/mol. The Morgan fingerprint density at radius 1 is 1.58 bits per heavy atom. The van der Waals surface area contributed by atoms with Crippen LogP contribution in [-0.4, -0.2) is 10.9 Å². The predicted molar refractivity (Wildman–Crippen MR) is 50.5 cm³/mol. The van der Waals surface area contributed by atoms with Gasteiger partial charge in [0, 0.05) is 0 Å². The van der Waals surface area contributed by atoms with Gasteiger partial charge in [0.2, 0.25) is 0 Å². The summed E-state index contributed by atoms with van der Waals surface area (Å²) in [4.78, 5) is 0. The summed E-state index contributed by atoms with van der Waals surface area (Å²) in [7, 11) is 0. The Kier molecular flexibility index (Phi) is 2.90. The molecule has 2 nitrogen and oxygen atoms in total. The van der Waals surface area contributed by atoms with Crippen molar-refractivity contribution in [1.82, 2.24) is 0 Å². The van der Waals surface area contributed by atoms with Gasteiger partial charge in [-0.3, -0.25) is 0 Å². The molecule has 0 radical (unpaired) electrons. The normalized spacial score (nSPS) is 27.8. The zero-order valence-electron chi connectivity index (χ0n) is 8.04. The van der Waals surface area contributed by atoms with E-state index in [4.69, 9.17) is 5.21 Å². The van der Waals surface area contributed by atoms with E-state index in [1.807, 2.05) is 0 Å². The fraction of sp³-hybridized carbons (Fsp3) is 0.700. The van der Waals surface area contributed by atoms with Crippen molar-refractivity contribution in [2.45, 2.75) is 33.6 Å². The smallest absolute Gasteiger partial charge is 0.0829 e. The first-order valence-corrected chi connectivity index (χ1v) is 4.56. The van der Waals surface area contributed by atoms with Gasteiger partial charge in [-0.2, -0.15) is 0 Å². The molecule has 0 aromatic carbocycles. The highest BCUT2D eigenvalue weighted by atomic mass is 16.4. The van der Waals surface area contributed by atoms with Gasteiger partial charge in [-0.1, -0.05) is 32.0 Å². The van der Waals surface area contributed by atoms with Crippen LogP contribution in [0, 0.1) is 11.8 Å². The lowest BCUT2D eigenvalue weighted by atomic mass is 9.84. The van der Waals surface area contributed by atoms with Gasteiger partial charge in [-0.25, -0.2) is 0 Å². The molecule has 12 heavy (non-hydrogen) atoms. The van der Waals surface area contributed by atoms with E-state index in [1.54, 1.807) is 0 Å². The number of hydrogen-bond acceptors (Lipinski definition) is 2. The maximum Gasteiger partial charge on any atom is 0.0829 e. The Bertz CT molecular complexity index is 216. The second-order valence-electron chi connectivity index (χ2n) is 3.91. The van der Waals surface area contributed by atoms with E-state index >= 15 is 0 Å². The molecule has 0 aromatic heterocycles. The van der Waals surface area contributed by atoms with E-state index in [0.717, 1.165) is 18.6 Å². The summed E-state index contributed by atoms with van der Waals surface area (Å²) < 4.78 is 0. The summed E-state index contributed by atoms with van der Waals surface area (Å²) in [6, 6.07) is 0. The molecule has 2 heteroatoms. The van der Waals surface area contributed by atoms with Crippen molar-refractivity contribution >= 4 is 5.71 Å². The van der Waals surface area contributed by atoms with Gasteiger partial charge in [0.25, 0.3) is 0 Å². The van der Waals surface area contributed by atoms with Crippen LogP contribution in [0.15, 0.2) is 16.8 Å². The van der Waals surface area contributed by atoms with Crippen molar-refractivity contribution in [2.75, 3.05) is 0 Å². The van der Waals surface area contributed by atoms with Gasteiger partial charge in [0.1, 0.15) is 0 Å². The number of allylic oxidation sites excluding steroid dienone is 2. The number of nitrogens with zero attached hydrogens (tertiary/aromatic N) is 1. The summed E-state index contributed by atoms with van der Waals surface area (Å²) in [6.45, 7) is 6.44. The lowest BCUT2D eigenvalue weighted by Crippen LogP contribution is -2.17. The van der Waals surface area contributed by atoms with E-state index < -0.39 is 0 Å². The molecule has 0 saturated heterocycles. The molecule has 1 aliphatic rings. The van der Waals surface area contributed by atoms with Crippen LogP contribution in [0.1, 0.15) is 33.6 Å². The minimum atomic E-state index is 0.475. The zero-order chi connectivity index (χ0) is 9.14. The summed E-state index contributed by atoms with van der Waals surface area (Å²) >= 11 is 0. The molecule has 1 N–H and O–H groups in total. The molecular formula is C10H17NO. The molecule has 1 aliphatic carbocycles. The minimum Gasteiger partial charge on any atom is -0.411 e. The van der Waals surface area contributed by atoms with Gasteiger partial charge >= 0.3 is 0 Å². The highest BCUT2D eigenvalue weighted by molar-refractivity contribution is 6.00. The third kappa shape index (κ3) is 1.87. The number of rotatable bonds is 1. The topological polar surface area (TPSA) is 32.6 Å². The molecule has 0 heterocycles. The molecule has 0 bridgehead atoms. The summed E-state index contributed by atoms with van der Waals surface area (Å²) in [6.07, 6.45) is 4.24. The molecule has 68 valence electrons. The van der Waals surface area contributed by atoms with Crippen molar-refractivity contribution in [2.24, 2.45) is 17.0 Å². The Morgan fingerprint density at radius 2 is 2.25 bits per heavy atom. The summed E-state index contributed by atoms with van der Waals surface area (Å²) in [5.41, 5.74) is 2.10. The summed E-state index contributed by atoms with van der Waals surface area (Å²) in [5.74, 6) is 1.10. The first kappa shape index (κ1) is 9.30. The zero-order valence-corrected chi connectivity index (χ0v) is 8.04. The lowest BCUT2D eigenvalue weighted by molar-refractivity contribution is 0.315. The second kappa shape index (κ2) is 3.74. The number of hydrogen-bond donors (Lipinski definition) is 1.